The van der Waals surface area contributed by atoms with E-state index in [1.807, 2.05) is 17.0 Å². The number of hydrogen-bond acceptors (Lipinski definition) is 3. The molecule has 2 saturated heterocycles. The van der Waals surface area contributed by atoms with Gasteiger partial charge in [0.25, 0.3) is 0 Å². The predicted molar refractivity (Wildman–Crippen MR) is 80.1 cm³/mol. The molecule has 0 aliphatic carbocycles. The fraction of sp³-hybridized carbons (Fsp3) is 0.562. The van der Waals surface area contributed by atoms with E-state index in [0.29, 0.717) is 24.5 Å². The average Bonchev–Trinajstić information content (AvgIpc) is 3.10. The lowest BCUT2D eigenvalue weighted by Crippen LogP contribution is -2.33. The highest BCUT2D eigenvalue weighted by Crippen LogP contribution is 2.32. The number of carbonyl (C=O) groups is 1. The van der Waals surface area contributed by atoms with Crippen molar-refractivity contribution in [1.82, 2.24) is 4.90 Å². The standard InChI is InChI=1S/C16H20ClNO3/c17-13-5-3-11(4-6-13)16(20)12-8-15(19)18(9-12)10-14-2-1-7-21-14/h3-6,12,14,16,20H,1-2,7-10H2. The molecule has 2 aliphatic heterocycles. The Morgan fingerprint density at radius 1 is 1.38 bits per heavy atom. The first-order chi connectivity index (χ1) is 10.1. The quantitative estimate of drug-likeness (QED) is 0.929. The van der Waals surface area contributed by atoms with Gasteiger partial charge < -0.3 is 14.7 Å². The van der Waals surface area contributed by atoms with E-state index >= 15 is 0 Å². The van der Waals surface area contributed by atoms with E-state index in [1.165, 1.54) is 0 Å². The number of amides is 1. The van der Waals surface area contributed by atoms with Crippen LogP contribution in [0.25, 0.3) is 0 Å². The number of nitrogens with zero attached hydrogens (tertiary/aromatic N) is 1. The van der Waals surface area contributed by atoms with Crippen molar-refractivity contribution in [2.45, 2.75) is 31.5 Å². The summed E-state index contributed by atoms with van der Waals surface area (Å²) in [7, 11) is 0. The maximum Gasteiger partial charge on any atom is 0.223 e. The lowest BCUT2D eigenvalue weighted by atomic mass is 9.95. The smallest absolute Gasteiger partial charge is 0.223 e. The van der Waals surface area contributed by atoms with Gasteiger partial charge in [-0.3, -0.25) is 4.79 Å². The molecular formula is C16H20ClNO3. The SMILES string of the molecule is O=C1CC(C(O)c2ccc(Cl)cc2)CN1CC1CCCO1. The van der Waals surface area contributed by atoms with Gasteiger partial charge in [-0.25, -0.2) is 0 Å². The fourth-order valence-electron chi connectivity index (χ4n) is 3.16. The molecule has 4 nitrogen and oxygen atoms in total. The first-order valence-electron chi connectivity index (χ1n) is 7.46. The minimum absolute atomic E-state index is 0.0555. The molecule has 1 aromatic rings. The van der Waals surface area contributed by atoms with Crippen LogP contribution >= 0.6 is 11.6 Å². The summed E-state index contributed by atoms with van der Waals surface area (Å²) in [5, 5.41) is 11.1. The molecule has 0 bridgehead atoms. The lowest BCUT2D eigenvalue weighted by molar-refractivity contribution is -0.129. The van der Waals surface area contributed by atoms with E-state index in [-0.39, 0.29) is 17.9 Å². The molecule has 0 radical (unpaired) electrons. The van der Waals surface area contributed by atoms with Crippen LogP contribution < -0.4 is 0 Å². The summed E-state index contributed by atoms with van der Waals surface area (Å²) in [5.41, 5.74) is 0.816. The summed E-state index contributed by atoms with van der Waals surface area (Å²) in [4.78, 5) is 13.9. The van der Waals surface area contributed by atoms with Crippen molar-refractivity contribution < 1.29 is 14.6 Å². The van der Waals surface area contributed by atoms with E-state index in [1.54, 1.807) is 12.1 Å². The van der Waals surface area contributed by atoms with Crippen LogP contribution in [-0.2, 0) is 9.53 Å². The molecule has 3 rings (SSSR count). The van der Waals surface area contributed by atoms with Crippen LogP contribution in [0.2, 0.25) is 5.02 Å². The maximum atomic E-state index is 12.1. The fourth-order valence-corrected chi connectivity index (χ4v) is 3.28. The van der Waals surface area contributed by atoms with E-state index in [4.69, 9.17) is 16.3 Å². The van der Waals surface area contributed by atoms with E-state index in [0.717, 1.165) is 25.0 Å². The number of hydrogen-bond donors (Lipinski definition) is 1. The topological polar surface area (TPSA) is 49.8 Å². The Labute approximate surface area is 129 Å². The molecular weight excluding hydrogens is 290 g/mol. The van der Waals surface area contributed by atoms with Crippen LogP contribution in [0.4, 0.5) is 0 Å². The Hall–Kier alpha value is -1.10. The third-order valence-corrected chi connectivity index (χ3v) is 4.60. The number of halogens is 1. The van der Waals surface area contributed by atoms with Gasteiger partial charge in [-0.1, -0.05) is 23.7 Å². The van der Waals surface area contributed by atoms with Crippen LogP contribution in [0.3, 0.4) is 0 Å². The number of aliphatic hydroxyl groups is 1. The molecule has 2 aliphatic rings. The Kier molecular flexibility index (Phi) is 4.48. The molecule has 0 saturated carbocycles. The number of ether oxygens (including phenoxy) is 1. The molecule has 5 heteroatoms. The zero-order chi connectivity index (χ0) is 14.8. The summed E-state index contributed by atoms with van der Waals surface area (Å²) in [6, 6.07) is 7.17. The molecule has 3 atom stereocenters. The van der Waals surface area contributed by atoms with Gasteiger partial charge in [0.2, 0.25) is 5.91 Å². The molecule has 1 N–H and O–H groups in total. The highest BCUT2D eigenvalue weighted by atomic mass is 35.5. The zero-order valence-electron chi connectivity index (χ0n) is 11.9. The Morgan fingerprint density at radius 3 is 2.81 bits per heavy atom. The second-order valence-corrected chi connectivity index (χ2v) is 6.33. The number of rotatable bonds is 4. The summed E-state index contributed by atoms with van der Waals surface area (Å²) in [6.07, 6.45) is 2.04. The van der Waals surface area contributed by atoms with Crippen molar-refractivity contribution in [1.29, 1.82) is 0 Å². The van der Waals surface area contributed by atoms with Crippen molar-refractivity contribution in [3.8, 4) is 0 Å². The van der Waals surface area contributed by atoms with Crippen LogP contribution in [0.5, 0.6) is 0 Å². The summed E-state index contributed by atoms with van der Waals surface area (Å²) >= 11 is 5.86. The largest absolute Gasteiger partial charge is 0.388 e. The normalized spacial score (nSPS) is 27.3. The molecule has 2 heterocycles. The Balaban J connectivity index is 1.61. The van der Waals surface area contributed by atoms with Crippen LogP contribution in [0.1, 0.15) is 30.9 Å². The van der Waals surface area contributed by atoms with Crippen molar-refractivity contribution >= 4 is 17.5 Å². The summed E-state index contributed by atoms with van der Waals surface area (Å²) < 4.78 is 5.59. The van der Waals surface area contributed by atoms with E-state index in [9.17, 15) is 9.90 Å². The zero-order valence-corrected chi connectivity index (χ0v) is 12.6. The monoisotopic (exact) mass is 309 g/mol. The third-order valence-electron chi connectivity index (χ3n) is 4.35. The highest BCUT2D eigenvalue weighted by molar-refractivity contribution is 6.30. The van der Waals surface area contributed by atoms with E-state index in [2.05, 4.69) is 0 Å². The van der Waals surface area contributed by atoms with Gasteiger partial charge in [0.1, 0.15) is 0 Å². The maximum absolute atomic E-state index is 12.1. The van der Waals surface area contributed by atoms with Gasteiger partial charge in [0.15, 0.2) is 0 Å². The summed E-state index contributed by atoms with van der Waals surface area (Å²) in [6.45, 7) is 2.05. The first kappa shape index (κ1) is 14.8. The molecule has 1 aromatic carbocycles. The van der Waals surface area contributed by atoms with Crippen molar-refractivity contribution in [3.05, 3.63) is 34.9 Å². The molecule has 1 amide bonds. The number of carbonyl (C=O) groups excluding carboxylic acids is 1. The molecule has 114 valence electrons. The second-order valence-electron chi connectivity index (χ2n) is 5.89. The second kappa shape index (κ2) is 6.34. The van der Waals surface area contributed by atoms with Crippen LogP contribution in [0, 0.1) is 5.92 Å². The van der Waals surface area contributed by atoms with Gasteiger partial charge in [0.05, 0.1) is 12.2 Å². The number of benzene rings is 1. The van der Waals surface area contributed by atoms with Crippen LogP contribution in [-0.4, -0.2) is 41.7 Å². The van der Waals surface area contributed by atoms with Crippen molar-refractivity contribution in [2.24, 2.45) is 5.92 Å². The molecule has 21 heavy (non-hydrogen) atoms. The van der Waals surface area contributed by atoms with E-state index < -0.39 is 6.10 Å². The highest BCUT2D eigenvalue weighted by Gasteiger charge is 2.36. The lowest BCUT2D eigenvalue weighted by Gasteiger charge is -2.22. The minimum Gasteiger partial charge on any atom is -0.388 e. The van der Waals surface area contributed by atoms with Gasteiger partial charge in [-0.15, -0.1) is 0 Å². The van der Waals surface area contributed by atoms with Gasteiger partial charge >= 0.3 is 0 Å². The predicted octanol–water partition coefficient (Wildman–Crippen LogP) is 2.40. The molecule has 2 fully saturated rings. The van der Waals surface area contributed by atoms with Crippen LogP contribution in [0.15, 0.2) is 24.3 Å². The van der Waals surface area contributed by atoms with Gasteiger partial charge in [0, 0.05) is 37.1 Å². The first-order valence-corrected chi connectivity index (χ1v) is 7.84. The Morgan fingerprint density at radius 2 is 2.14 bits per heavy atom. The minimum atomic E-state index is -0.624. The molecule has 3 unspecified atom stereocenters. The summed E-state index contributed by atoms with van der Waals surface area (Å²) in [5.74, 6) is 0.0589. The van der Waals surface area contributed by atoms with Crippen molar-refractivity contribution in [3.63, 3.8) is 0 Å². The third kappa shape index (κ3) is 3.39. The van der Waals surface area contributed by atoms with Gasteiger partial charge in [-0.2, -0.15) is 0 Å². The Bertz CT molecular complexity index is 499. The molecule has 0 spiro atoms. The number of likely N-dealkylation sites (tertiary alicyclic amines) is 1. The van der Waals surface area contributed by atoms with Crippen molar-refractivity contribution in [2.75, 3.05) is 19.7 Å². The number of aliphatic hydroxyl groups excluding tert-OH is 1. The average molecular weight is 310 g/mol. The van der Waals surface area contributed by atoms with Gasteiger partial charge in [-0.05, 0) is 30.5 Å². The molecule has 0 aromatic heterocycles.